The van der Waals surface area contributed by atoms with Crippen molar-refractivity contribution < 1.29 is 4.74 Å². The van der Waals surface area contributed by atoms with E-state index < -0.39 is 0 Å². The number of nitrogens with two attached hydrogens (primary N) is 1. The largest absolute Gasteiger partial charge is 0.497 e. The van der Waals surface area contributed by atoms with E-state index in [9.17, 15) is 0 Å². The Morgan fingerprint density at radius 1 is 1.38 bits per heavy atom. The van der Waals surface area contributed by atoms with Crippen LogP contribution in [0.2, 0.25) is 0 Å². The number of halogens is 1. The van der Waals surface area contributed by atoms with Gasteiger partial charge in [-0.25, -0.2) is 0 Å². The Morgan fingerprint density at radius 3 is 2.75 bits per heavy atom. The van der Waals surface area contributed by atoms with Crippen LogP contribution >= 0.6 is 12.4 Å². The van der Waals surface area contributed by atoms with E-state index in [0.717, 1.165) is 17.7 Å². The second-order valence-electron chi connectivity index (χ2n) is 3.26. The van der Waals surface area contributed by atoms with Gasteiger partial charge in [0.1, 0.15) is 5.75 Å². The first-order chi connectivity index (χ1) is 6.85. The van der Waals surface area contributed by atoms with Crippen molar-refractivity contribution in [2.45, 2.75) is 13.8 Å². The molecule has 0 atom stereocenters. The van der Waals surface area contributed by atoms with Crippen molar-refractivity contribution in [1.82, 2.24) is 4.98 Å². The fourth-order valence-corrected chi connectivity index (χ4v) is 1.65. The number of aromatic nitrogens is 1. The summed E-state index contributed by atoms with van der Waals surface area (Å²) in [6, 6.07) is 6.01. The molecule has 3 nitrogen and oxygen atoms in total. The van der Waals surface area contributed by atoms with Crippen LogP contribution in [0.25, 0.3) is 10.9 Å². The highest BCUT2D eigenvalue weighted by atomic mass is 35.5. The molecule has 3 N–H and O–H groups in total. The number of hydrogen-bond acceptors (Lipinski definition) is 2. The topological polar surface area (TPSA) is 51.0 Å². The van der Waals surface area contributed by atoms with Crippen molar-refractivity contribution in [3.8, 4) is 5.75 Å². The van der Waals surface area contributed by atoms with Crippen LogP contribution in [0.3, 0.4) is 0 Å². The first kappa shape index (κ1) is 14.8. The van der Waals surface area contributed by atoms with Gasteiger partial charge < -0.3 is 15.5 Å². The molecule has 0 unspecified atom stereocenters. The molecule has 1 aromatic carbocycles. The fraction of sp³-hybridized carbons (Fsp3) is 0.333. The maximum absolute atomic E-state index is 5.54. The maximum Gasteiger partial charge on any atom is 0.119 e. The Kier molecular flexibility index (Phi) is 5.93. The maximum atomic E-state index is 5.54. The average molecular weight is 243 g/mol. The number of nitrogens with one attached hydrogen (secondary N) is 1. The van der Waals surface area contributed by atoms with Gasteiger partial charge in [0.25, 0.3) is 0 Å². The van der Waals surface area contributed by atoms with E-state index in [4.69, 9.17) is 10.5 Å². The molecule has 2 aromatic rings. The molecule has 0 fully saturated rings. The van der Waals surface area contributed by atoms with Gasteiger partial charge in [0.15, 0.2) is 0 Å². The lowest BCUT2D eigenvalue weighted by molar-refractivity contribution is 0.415. The van der Waals surface area contributed by atoms with E-state index in [1.165, 1.54) is 10.9 Å². The van der Waals surface area contributed by atoms with Crippen LogP contribution in [0.4, 0.5) is 0 Å². The van der Waals surface area contributed by atoms with Crippen molar-refractivity contribution in [3.63, 3.8) is 0 Å². The highest BCUT2D eigenvalue weighted by Crippen LogP contribution is 2.23. The molecule has 0 spiro atoms. The van der Waals surface area contributed by atoms with Crippen LogP contribution in [-0.4, -0.2) is 18.6 Å². The summed E-state index contributed by atoms with van der Waals surface area (Å²) in [6.07, 6.45) is 2.91. The molecule has 0 aliphatic carbocycles. The molecule has 1 aromatic heterocycles. The minimum absolute atomic E-state index is 0. The quantitative estimate of drug-likeness (QED) is 0.870. The van der Waals surface area contributed by atoms with Gasteiger partial charge in [0.2, 0.25) is 0 Å². The first-order valence-electron chi connectivity index (χ1n) is 4.69. The number of ether oxygens (including phenoxy) is 1. The summed E-state index contributed by atoms with van der Waals surface area (Å²) in [7, 11) is 1.68. The number of aromatic amines is 1. The fourth-order valence-electron chi connectivity index (χ4n) is 1.65. The van der Waals surface area contributed by atoms with Gasteiger partial charge in [-0.1, -0.05) is 7.43 Å². The zero-order valence-corrected chi connectivity index (χ0v) is 9.43. The summed E-state index contributed by atoms with van der Waals surface area (Å²) < 4.78 is 5.18. The number of fused-ring (bicyclic) bond motifs is 1. The standard InChI is InChI=1S/C11H14N2O.CH4.ClH/c1-14-9-2-3-11-10(6-9)8(4-5-12)7-13-11;;/h2-3,6-7,13H,4-5,12H2,1H3;1H4;1H. The Bertz CT molecular complexity index is 440. The summed E-state index contributed by atoms with van der Waals surface area (Å²) in [5, 5.41) is 1.20. The number of rotatable bonds is 3. The number of benzene rings is 1. The third-order valence-electron chi connectivity index (χ3n) is 2.39. The van der Waals surface area contributed by atoms with Crippen LogP contribution in [0.1, 0.15) is 13.0 Å². The Labute approximate surface area is 102 Å². The molecular formula is C12H19ClN2O. The van der Waals surface area contributed by atoms with Gasteiger partial charge >= 0.3 is 0 Å². The lowest BCUT2D eigenvalue weighted by Crippen LogP contribution is -2.01. The first-order valence-corrected chi connectivity index (χ1v) is 4.69. The Balaban J connectivity index is 0.00000112. The molecule has 1 heterocycles. The summed E-state index contributed by atoms with van der Waals surface area (Å²) in [5.41, 5.74) is 7.92. The summed E-state index contributed by atoms with van der Waals surface area (Å²) in [5.74, 6) is 0.885. The van der Waals surface area contributed by atoms with Crippen LogP contribution in [-0.2, 0) is 6.42 Å². The SMILES string of the molecule is C.COc1ccc2[nH]cc(CCN)c2c1.Cl. The Morgan fingerprint density at radius 2 is 2.12 bits per heavy atom. The van der Waals surface area contributed by atoms with Gasteiger partial charge in [-0.3, -0.25) is 0 Å². The van der Waals surface area contributed by atoms with E-state index >= 15 is 0 Å². The monoisotopic (exact) mass is 242 g/mol. The molecular weight excluding hydrogens is 224 g/mol. The van der Waals surface area contributed by atoms with Crippen molar-refractivity contribution in [2.24, 2.45) is 5.73 Å². The van der Waals surface area contributed by atoms with Gasteiger partial charge in [-0.05, 0) is 36.7 Å². The second kappa shape index (κ2) is 6.40. The van der Waals surface area contributed by atoms with Gasteiger partial charge in [-0.2, -0.15) is 0 Å². The zero-order chi connectivity index (χ0) is 9.97. The molecule has 0 amide bonds. The predicted molar refractivity (Wildman–Crippen MR) is 71.6 cm³/mol. The molecule has 16 heavy (non-hydrogen) atoms. The number of hydrogen-bond donors (Lipinski definition) is 2. The third-order valence-corrected chi connectivity index (χ3v) is 2.39. The van der Waals surface area contributed by atoms with Gasteiger partial charge in [0, 0.05) is 17.1 Å². The van der Waals surface area contributed by atoms with Crippen LogP contribution in [0.15, 0.2) is 24.4 Å². The minimum Gasteiger partial charge on any atom is -0.497 e. The minimum atomic E-state index is 0. The smallest absolute Gasteiger partial charge is 0.119 e. The zero-order valence-electron chi connectivity index (χ0n) is 8.62. The third kappa shape index (κ3) is 2.68. The van der Waals surface area contributed by atoms with Crippen LogP contribution in [0.5, 0.6) is 5.75 Å². The molecule has 90 valence electrons. The van der Waals surface area contributed by atoms with Crippen molar-refractivity contribution in [2.75, 3.05) is 13.7 Å². The van der Waals surface area contributed by atoms with Crippen molar-refractivity contribution in [3.05, 3.63) is 30.0 Å². The van der Waals surface area contributed by atoms with Crippen molar-refractivity contribution >= 4 is 23.3 Å². The van der Waals surface area contributed by atoms with Crippen LogP contribution in [0, 0.1) is 0 Å². The van der Waals surface area contributed by atoms with E-state index in [1.54, 1.807) is 7.11 Å². The van der Waals surface area contributed by atoms with Crippen LogP contribution < -0.4 is 10.5 Å². The second-order valence-corrected chi connectivity index (χ2v) is 3.26. The number of methoxy groups -OCH3 is 1. The van der Waals surface area contributed by atoms with Gasteiger partial charge in [-0.15, -0.1) is 12.4 Å². The summed E-state index contributed by atoms with van der Waals surface area (Å²) >= 11 is 0. The van der Waals surface area contributed by atoms with E-state index in [-0.39, 0.29) is 19.8 Å². The lowest BCUT2D eigenvalue weighted by Gasteiger charge is -2.00. The molecule has 0 saturated heterocycles. The highest BCUT2D eigenvalue weighted by Gasteiger charge is 2.03. The lowest BCUT2D eigenvalue weighted by atomic mass is 10.1. The normalized spacial score (nSPS) is 9.38. The van der Waals surface area contributed by atoms with Crippen molar-refractivity contribution in [1.29, 1.82) is 0 Å². The predicted octanol–water partition coefficient (Wildman–Crippen LogP) is 2.74. The Hall–Kier alpha value is -1.19. The molecule has 4 heteroatoms. The summed E-state index contributed by atoms with van der Waals surface area (Å²) in [4.78, 5) is 3.21. The summed E-state index contributed by atoms with van der Waals surface area (Å²) in [6.45, 7) is 0.671. The highest BCUT2D eigenvalue weighted by molar-refractivity contribution is 5.85. The molecule has 0 saturated carbocycles. The van der Waals surface area contributed by atoms with Gasteiger partial charge in [0.05, 0.1) is 7.11 Å². The van der Waals surface area contributed by atoms with E-state index in [1.807, 2.05) is 24.4 Å². The number of H-pyrrole nitrogens is 1. The van der Waals surface area contributed by atoms with E-state index in [2.05, 4.69) is 4.98 Å². The molecule has 0 aliphatic rings. The molecule has 0 radical (unpaired) electrons. The van der Waals surface area contributed by atoms with E-state index in [0.29, 0.717) is 6.54 Å². The molecule has 0 aliphatic heterocycles. The molecule has 0 bridgehead atoms. The molecule has 2 rings (SSSR count). The average Bonchev–Trinajstić information content (AvgIpc) is 2.61.